The fourth-order valence-corrected chi connectivity index (χ4v) is 3.61. The van der Waals surface area contributed by atoms with Crippen LogP contribution in [-0.2, 0) is 16.0 Å². The second-order valence-electron chi connectivity index (χ2n) is 6.23. The summed E-state index contributed by atoms with van der Waals surface area (Å²) < 4.78 is 24.4. The Hall–Kier alpha value is -1.66. The molecular formula is C17H22FNO4. The monoisotopic (exact) mass is 323 g/mol. The maximum Gasteiger partial charge on any atom is 0.227 e. The number of morpholine rings is 1. The molecule has 1 aliphatic carbocycles. The number of carbonyl (C=O) groups is 1. The summed E-state index contributed by atoms with van der Waals surface area (Å²) in [5.74, 6) is -0.114. The number of benzene rings is 1. The summed E-state index contributed by atoms with van der Waals surface area (Å²) in [5.41, 5.74) is 0.632. The molecule has 1 N–H and O–H groups in total. The molecule has 3 rings (SSSR count). The van der Waals surface area contributed by atoms with Crippen LogP contribution in [0.2, 0.25) is 0 Å². The second-order valence-corrected chi connectivity index (χ2v) is 6.23. The summed E-state index contributed by atoms with van der Waals surface area (Å²) in [7, 11) is 1.41. The number of nitrogens with zero attached hydrogens (tertiary/aromatic N) is 1. The Labute approximate surface area is 135 Å². The van der Waals surface area contributed by atoms with Gasteiger partial charge in [0, 0.05) is 13.2 Å². The van der Waals surface area contributed by atoms with E-state index in [0.717, 1.165) is 12.8 Å². The highest BCUT2D eigenvalue weighted by molar-refractivity contribution is 5.79. The summed E-state index contributed by atoms with van der Waals surface area (Å²) in [6, 6.07) is 4.62. The molecular weight excluding hydrogens is 301 g/mol. The number of carbonyl (C=O) groups excluding carboxylic acids is 1. The Kier molecular flexibility index (Phi) is 4.82. The number of aliphatic hydroxyl groups is 1. The van der Waals surface area contributed by atoms with Gasteiger partial charge in [0.05, 0.1) is 32.3 Å². The molecule has 0 radical (unpaired) electrons. The first-order valence-corrected chi connectivity index (χ1v) is 7.96. The summed E-state index contributed by atoms with van der Waals surface area (Å²) in [6.45, 7) is 1.20. The van der Waals surface area contributed by atoms with Crippen LogP contribution >= 0.6 is 0 Å². The van der Waals surface area contributed by atoms with E-state index in [1.54, 1.807) is 6.07 Å². The first-order chi connectivity index (χ1) is 11.1. The maximum atomic E-state index is 13.8. The van der Waals surface area contributed by atoms with Crippen LogP contribution in [0.25, 0.3) is 0 Å². The topological polar surface area (TPSA) is 59.0 Å². The molecule has 2 aliphatic rings. The quantitative estimate of drug-likeness (QED) is 0.909. The van der Waals surface area contributed by atoms with E-state index in [4.69, 9.17) is 9.47 Å². The van der Waals surface area contributed by atoms with E-state index >= 15 is 0 Å². The van der Waals surface area contributed by atoms with Crippen molar-refractivity contribution in [2.75, 3.05) is 26.9 Å². The minimum atomic E-state index is -0.459. The van der Waals surface area contributed by atoms with Crippen LogP contribution in [0.15, 0.2) is 18.2 Å². The lowest BCUT2D eigenvalue weighted by Crippen LogP contribution is -2.51. The van der Waals surface area contributed by atoms with Gasteiger partial charge < -0.3 is 19.5 Å². The van der Waals surface area contributed by atoms with E-state index in [1.165, 1.54) is 19.2 Å². The number of amides is 1. The highest BCUT2D eigenvalue weighted by atomic mass is 19.1. The number of ether oxygens (including phenoxy) is 2. The first kappa shape index (κ1) is 16.2. The van der Waals surface area contributed by atoms with E-state index in [9.17, 15) is 14.3 Å². The molecule has 1 aromatic carbocycles. The molecule has 1 aromatic rings. The first-order valence-electron chi connectivity index (χ1n) is 7.96. The van der Waals surface area contributed by atoms with Crippen molar-refractivity contribution in [3.8, 4) is 5.75 Å². The van der Waals surface area contributed by atoms with Crippen LogP contribution in [0.4, 0.5) is 4.39 Å². The molecule has 0 spiro atoms. The number of rotatable bonds is 4. The summed E-state index contributed by atoms with van der Waals surface area (Å²) in [6.07, 6.45) is 1.73. The van der Waals surface area contributed by atoms with Gasteiger partial charge in [0.25, 0.3) is 0 Å². The molecule has 23 heavy (non-hydrogen) atoms. The van der Waals surface area contributed by atoms with E-state index in [-0.39, 0.29) is 42.7 Å². The lowest BCUT2D eigenvalue weighted by Gasteiger charge is -2.37. The minimum absolute atomic E-state index is 0.0115. The molecule has 6 heteroatoms. The number of methoxy groups -OCH3 is 1. The Balaban J connectivity index is 1.69. The molecule has 1 saturated carbocycles. The molecule has 0 unspecified atom stereocenters. The Morgan fingerprint density at radius 3 is 3.00 bits per heavy atom. The molecule has 0 bridgehead atoms. The van der Waals surface area contributed by atoms with Crippen LogP contribution in [-0.4, -0.2) is 54.9 Å². The van der Waals surface area contributed by atoms with Crippen molar-refractivity contribution in [1.82, 2.24) is 4.90 Å². The van der Waals surface area contributed by atoms with Gasteiger partial charge in [-0.25, -0.2) is 4.39 Å². The molecule has 1 aliphatic heterocycles. The minimum Gasteiger partial charge on any atom is -0.494 e. The van der Waals surface area contributed by atoms with Gasteiger partial charge in [-0.2, -0.15) is 0 Å². The SMILES string of the molecule is COc1ccc(CC(=O)N2CCO[C@H]3C[C@H](CO)C[C@@H]32)cc1F. The third-order valence-corrected chi connectivity index (χ3v) is 4.78. The molecule has 3 atom stereocenters. The van der Waals surface area contributed by atoms with Crippen molar-refractivity contribution in [3.05, 3.63) is 29.6 Å². The maximum absolute atomic E-state index is 13.8. The third-order valence-electron chi connectivity index (χ3n) is 4.78. The number of hydrogen-bond donors (Lipinski definition) is 1. The van der Waals surface area contributed by atoms with Crippen molar-refractivity contribution < 1.29 is 23.8 Å². The van der Waals surface area contributed by atoms with Crippen LogP contribution in [0, 0.1) is 11.7 Å². The highest BCUT2D eigenvalue weighted by Gasteiger charge is 2.42. The zero-order valence-electron chi connectivity index (χ0n) is 13.2. The predicted molar refractivity (Wildman–Crippen MR) is 81.7 cm³/mol. The van der Waals surface area contributed by atoms with E-state index in [1.807, 2.05) is 4.90 Å². The van der Waals surface area contributed by atoms with Crippen molar-refractivity contribution in [1.29, 1.82) is 0 Å². The largest absolute Gasteiger partial charge is 0.494 e. The average molecular weight is 323 g/mol. The van der Waals surface area contributed by atoms with Gasteiger partial charge >= 0.3 is 0 Å². The molecule has 1 heterocycles. The third kappa shape index (κ3) is 3.33. The number of halogens is 1. The van der Waals surface area contributed by atoms with Crippen molar-refractivity contribution in [2.24, 2.45) is 5.92 Å². The number of aliphatic hydroxyl groups excluding tert-OH is 1. The Morgan fingerprint density at radius 1 is 1.48 bits per heavy atom. The van der Waals surface area contributed by atoms with Gasteiger partial charge in [-0.15, -0.1) is 0 Å². The van der Waals surface area contributed by atoms with Crippen LogP contribution in [0.1, 0.15) is 18.4 Å². The van der Waals surface area contributed by atoms with Crippen LogP contribution < -0.4 is 4.74 Å². The van der Waals surface area contributed by atoms with Gasteiger partial charge in [-0.05, 0) is 36.5 Å². The van der Waals surface area contributed by atoms with Crippen LogP contribution in [0.5, 0.6) is 5.75 Å². The van der Waals surface area contributed by atoms with Gasteiger partial charge in [-0.1, -0.05) is 6.07 Å². The zero-order chi connectivity index (χ0) is 16.4. The molecule has 1 amide bonds. The predicted octanol–water partition coefficient (Wildman–Crippen LogP) is 1.38. The lowest BCUT2D eigenvalue weighted by atomic mass is 10.1. The van der Waals surface area contributed by atoms with Crippen molar-refractivity contribution in [2.45, 2.75) is 31.4 Å². The summed E-state index contributed by atoms with van der Waals surface area (Å²) in [4.78, 5) is 14.5. The molecule has 5 nitrogen and oxygen atoms in total. The normalized spacial score (nSPS) is 26.9. The average Bonchev–Trinajstić information content (AvgIpc) is 2.98. The standard InChI is InChI=1S/C17H22FNO4/c1-22-15-3-2-11(6-13(15)18)9-17(21)19-4-5-23-16-8-12(10-20)7-14(16)19/h2-3,6,12,14,16,20H,4-5,7-10H2,1H3/t12-,14+,16+/m1/s1. The molecule has 2 fully saturated rings. The zero-order valence-corrected chi connectivity index (χ0v) is 13.2. The lowest BCUT2D eigenvalue weighted by molar-refractivity contribution is -0.143. The fraction of sp³-hybridized carbons (Fsp3) is 0.588. The van der Waals surface area contributed by atoms with E-state index < -0.39 is 5.82 Å². The molecule has 0 aromatic heterocycles. The van der Waals surface area contributed by atoms with Gasteiger partial charge in [0.2, 0.25) is 5.91 Å². The summed E-state index contributed by atoms with van der Waals surface area (Å²) >= 11 is 0. The van der Waals surface area contributed by atoms with Gasteiger partial charge in [-0.3, -0.25) is 4.79 Å². The number of fused-ring (bicyclic) bond motifs is 1. The second kappa shape index (κ2) is 6.84. The summed E-state index contributed by atoms with van der Waals surface area (Å²) in [5, 5.41) is 9.34. The number of hydrogen-bond acceptors (Lipinski definition) is 4. The van der Waals surface area contributed by atoms with Gasteiger partial charge in [0.15, 0.2) is 11.6 Å². The highest BCUT2D eigenvalue weighted by Crippen LogP contribution is 2.34. The van der Waals surface area contributed by atoms with Crippen molar-refractivity contribution in [3.63, 3.8) is 0 Å². The van der Waals surface area contributed by atoms with E-state index in [2.05, 4.69) is 0 Å². The van der Waals surface area contributed by atoms with Crippen LogP contribution in [0.3, 0.4) is 0 Å². The Morgan fingerprint density at radius 2 is 2.30 bits per heavy atom. The van der Waals surface area contributed by atoms with Crippen molar-refractivity contribution >= 4 is 5.91 Å². The fourth-order valence-electron chi connectivity index (χ4n) is 3.61. The Bertz CT molecular complexity index is 580. The molecule has 1 saturated heterocycles. The smallest absolute Gasteiger partial charge is 0.227 e. The van der Waals surface area contributed by atoms with Gasteiger partial charge in [0.1, 0.15) is 0 Å². The van der Waals surface area contributed by atoms with E-state index in [0.29, 0.717) is 18.7 Å². The molecule has 126 valence electrons.